The molecule has 1 aromatic rings. The van der Waals surface area contributed by atoms with Gasteiger partial charge in [-0.1, -0.05) is 11.6 Å². The number of carbonyl (C=O) groups excluding carboxylic acids is 2. The van der Waals surface area contributed by atoms with E-state index in [0.717, 1.165) is 13.0 Å². The lowest BCUT2D eigenvalue weighted by Crippen LogP contribution is -2.37. The summed E-state index contributed by atoms with van der Waals surface area (Å²) < 4.78 is 0. The molecule has 0 heterocycles. The van der Waals surface area contributed by atoms with Gasteiger partial charge in [0.05, 0.1) is 6.54 Å². The number of benzene rings is 1. The van der Waals surface area contributed by atoms with Gasteiger partial charge in [-0.15, -0.1) is 0 Å². The lowest BCUT2D eigenvalue weighted by molar-refractivity contribution is -0.120. The maximum atomic E-state index is 11.7. The molecule has 0 bridgehead atoms. The predicted octanol–water partition coefficient (Wildman–Crippen LogP) is 1.14. The number of nitrogens with zero attached hydrogens (tertiary/aromatic N) is 1. The van der Waals surface area contributed by atoms with E-state index in [2.05, 4.69) is 15.5 Å². The zero-order valence-electron chi connectivity index (χ0n) is 11.8. The van der Waals surface area contributed by atoms with Gasteiger partial charge >= 0.3 is 0 Å². The van der Waals surface area contributed by atoms with Gasteiger partial charge in [0.15, 0.2) is 0 Å². The van der Waals surface area contributed by atoms with Crippen molar-refractivity contribution in [3.05, 3.63) is 34.9 Å². The van der Waals surface area contributed by atoms with Crippen LogP contribution < -0.4 is 10.6 Å². The highest BCUT2D eigenvalue weighted by atomic mass is 35.5. The first kappa shape index (κ1) is 16.5. The second kappa shape index (κ2) is 8.55. The standard InChI is InChI=1S/C14H20ClN3O2/c1-18(2)9-3-8-16-13(19)10-17-14(20)11-4-6-12(15)7-5-11/h4-7H,3,8-10H2,1-2H3,(H,16,19)(H,17,20). The average Bonchev–Trinajstić information content (AvgIpc) is 2.41. The van der Waals surface area contributed by atoms with Crippen molar-refractivity contribution in [2.75, 3.05) is 33.7 Å². The smallest absolute Gasteiger partial charge is 0.251 e. The molecule has 0 aromatic heterocycles. The highest BCUT2D eigenvalue weighted by Crippen LogP contribution is 2.09. The topological polar surface area (TPSA) is 61.4 Å². The lowest BCUT2D eigenvalue weighted by atomic mass is 10.2. The van der Waals surface area contributed by atoms with Gasteiger partial charge in [0, 0.05) is 17.1 Å². The summed E-state index contributed by atoms with van der Waals surface area (Å²) in [5.41, 5.74) is 0.481. The fourth-order valence-electron chi connectivity index (χ4n) is 1.55. The van der Waals surface area contributed by atoms with Crippen LogP contribution in [-0.2, 0) is 4.79 Å². The van der Waals surface area contributed by atoms with Crippen LogP contribution in [0, 0.1) is 0 Å². The Morgan fingerprint density at radius 1 is 1.15 bits per heavy atom. The van der Waals surface area contributed by atoms with Crippen LogP contribution in [-0.4, -0.2) is 50.4 Å². The normalized spacial score (nSPS) is 10.4. The monoisotopic (exact) mass is 297 g/mol. The Morgan fingerprint density at radius 3 is 2.40 bits per heavy atom. The van der Waals surface area contributed by atoms with Crippen LogP contribution in [0.5, 0.6) is 0 Å². The van der Waals surface area contributed by atoms with Gasteiger partial charge in [0.1, 0.15) is 0 Å². The molecule has 2 N–H and O–H groups in total. The Hall–Kier alpha value is -1.59. The molecular weight excluding hydrogens is 278 g/mol. The van der Waals surface area contributed by atoms with E-state index in [4.69, 9.17) is 11.6 Å². The van der Waals surface area contributed by atoms with Crippen LogP contribution >= 0.6 is 11.6 Å². The molecule has 0 aliphatic carbocycles. The summed E-state index contributed by atoms with van der Waals surface area (Å²) in [4.78, 5) is 25.3. The first-order valence-electron chi connectivity index (χ1n) is 6.44. The quantitative estimate of drug-likeness (QED) is 0.742. The van der Waals surface area contributed by atoms with Gasteiger partial charge in [0.25, 0.3) is 5.91 Å². The first-order valence-corrected chi connectivity index (χ1v) is 6.82. The van der Waals surface area contributed by atoms with Gasteiger partial charge < -0.3 is 15.5 Å². The van der Waals surface area contributed by atoms with Gasteiger partial charge in [-0.3, -0.25) is 9.59 Å². The molecule has 0 saturated carbocycles. The molecular formula is C14H20ClN3O2. The van der Waals surface area contributed by atoms with E-state index in [1.165, 1.54) is 0 Å². The Bertz CT molecular complexity index is 446. The van der Waals surface area contributed by atoms with Gasteiger partial charge in [-0.05, 0) is 51.3 Å². The third kappa shape index (κ3) is 6.54. The molecule has 0 fully saturated rings. The summed E-state index contributed by atoms with van der Waals surface area (Å²) in [5.74, 6) is -0.476. The molecule has 1 aromatic carbocycles. The van der Waals surface area contributed by atoms with E-state index in [-0.39, 0.29) is 18.4 Å². The molecule has 0 unspecified atom stereocenters. The molecule has 0 aliphatic heterocycles. The molecule has 20 heavy (non-hydrogen) atoms. The van der Waals surface area contributed by atoms with Crippen molar-refractivity contribution in [2.24, 2.45) is 0 Å². The SMILES string of the molecule is CN(C)CCCNC(=O)CNC(=O)c1ccc(Cl)cc1. The third-order valence-corrected chi connectivity index (χ3v) is 2.87. The molecule has 110 valence electrons. The van der Waals surface area contributed by atoms with Crippen molar-refractivity contribution in [1.29, 1.82) is 0 Å². The summed E-state index contributed by atoms with van der Waals surface area (Å²) >= 11 is 5.74. The van der Waals surface area contributed by atoms with Crippen molar-refractivity contribution < 1.29 is 9.59 Å². The average molecular weight is 298 g/mol. The second-order valence-corrected chi connectivity index (χ2v) is 5.13. The summed E-state index contributed by atoms with van der Waals surface area (Å²) in [5, 5.41) is 5.89. The van der Waals surface area contributed by atoms with Crippen LogP contribution in [0.2, 0.25) is 5.02 Å². The summed E-state index contributed by atoms with van der Waals surface area (Å²) in [6.45, 7) is 1.49. The van der Waals surface area contributed by atoms with Crippen LogP contribution in [0.1, 0.15) is 16.8 Å². The predicted molar refractivity (Wildman–Crippen MR) is 80.0 cm³/mol. The van der Waals surface area contributed by atoms with Gasteiger partial charge in [-0.2, -0.15) is 0 Å². The highest BCUT2D eigenvalue weighted by Gasteiger charge is 2.07. The highest BCUT2D eigenvalue weighted by molar-refractivity contribution is 6.30. The van der Waals surface area contributed by atoms with Crippen molar-refractivity contribution in [3.63, 3.8) is 0 Å². The molecule has 5 nitrogen and oxygen atoms in total. The van der Waals surface area contributed by atoms with Crippen molar-refractivity contribution in [2.45, 2.75) is 6.42 Å². The molecule has 1 rings (SSSR count). The van der Waals surface area contributed by atoms with Crippen molar-refractivity contribution in [3.8, 4) is 0 Å². The van der Waals surface area contributed by atoms with E-state index in [9.17, 15) is 9.59 Å². The maximum absolute atomic E-state index is 11.7. The van der Waals surface area contributed by atoms with E-state index >= 15 is 0 Å². The molecule has 6 heteroatoms. The molecule has 0 aliphatic rings. The van der Waals surface area contributed by atoms with Gasteiger partial charge in [-0.25, -0.2) is 0 Å². The van der Waals surface area contributed by atoms with Crippen molar-refractivity contribution >= 4 is 23.4 Å². The zero-order valence-corrected chi connectivity index (χ0v) is 12.5. The lowest BCUT2D eigenvalue weighted by Gasteiger charge is -2.10. The number of halogens is 1. The van der Waals surface area contributed by atoms with Crippen molar-refractivity contribution in [1.82, 2.24) is 15.5 Å². The number of hydrogen-bond donors (Lipinski definition) is 2. The fourth-order valence-corrected chi connectivity index (χ4v) is 1.68. The molecule has 0 radical (unpaired) electrons. The summed E-state index contributed by atoms with van der Waals surface area (Å²) in [6, 6.07) is 6.51. The van der Waals surface area contributed by atoms with Crippen LogP contribution in [0.25, 0.3) is 0 Å². The minimum Gasteiger partial charge on any atom is -0.355 e. The third-order valence-electron chi connectivity index (χ3n) is 2.62. The second-order valence-electron chi connectivity index (χ2n) is 4.70. The first-order chi connectivity index (χ1) is 9.49. The maximum Gasteiger partial charge on any atom is 0.251 e. The van der Waals surface area contributed by atoms with E-state index in [1.54, 1.807) is 24.3 Å². The molecule has 0 atom stereocenters. The Kier molecular flexibility index (Phi) is 7.04. The van der Waals surface area contributed by atoms with E-state index in [0.29, 0.717) is 17.1 Å². The summed E-state index contributed by atoms with van der Waals surface area (Å²) in [7, 11) is 3.96. The van der Waals surface area contributed by atoms with Crippen LogP contribution in [0.4, 0.5) is 0 Å². The summed E-state index contributed by atoms with van der Waals surface area (Å²) in [6.07, 6.45) is 0.879. The fraction of sp³-hybridized carbons (Fsp3) is 0.429. The number of carbonyl (C=O) groups is 2. The molecule has 0 spiro atoms. The zero-order chi connectivity index (χ0) is 15.0. The van der Waals surface area contributed by atoms with E-state index < -0.39 is 0 Å². The minimum absolute atomic E-state index is 0.0244. The largest absolute Gasteiger partial charge is 0.355 e. The number of amides is 2. The van der Waals surface area contributed by atoms with Crippen LogP contribution in [0.15, 0.2) is 24.3 Å². The number of rotatable bonds is 7. The van der Waals surface area contributed by atoms with Crippen LogP contribution in [0.3, 0.4) is 0 Å². The molecule has 2 amide bonds. The Labute approximate surface area is 124 Å². The number of hydrogen-bond acceptors (Lipinski definition) is 3. The van der Waals surface area contributed by atoms with E-state index in [1.807, 2.05) is 14.1 Å². The minimum atomic E-state index is -0.287. The molecule has 0 saturated heterocycles. The number of nitrogens with one attached hydrogen (secondary N) is 2. The van der Waals surface area contributed by atoms with Gasteiger partial charge in [0.2, 0.25) is 5.91 Å². The Morgan fingerprint density at radius 2 is 1.80 bits per heavy atom. The Balaban J connectivity index is 2.23.